The highest BCUT2D eigenvalue weighted by atomic mass is 32.1. The lowest BCUT2D eigenvalue weighted by atomic mass is 10.2. The second kappa shape index (κ2) is 4.92. The molecule has 2 rings (SSSR count). The number of carbonyl (C=O) groups excluding carboxylic acids is 1. The molecule has 0 radical (unpaired) electrons. The number of nitro groups is 1. The largest absolute Gasteiger partial charge is 0.324 e. The van der Waals surface area contributed by atoms with Crippen LogP contribution in [0.4, 0.5) is 5.00 Å². The summed E-state index contributed by atoms with van der Waals surface area (Å²) in [5.41, 5.74) is 1.13. The number of nitrogens with zero attached hydrogens (tertiary/aromatic N) is 3. The number of ketones is 1. The second-order valence-corrected chi connectivity index (χ2v) is 4.47. The van der Waals surface area contributed by atoms with Crippen LogP contribution >= 0.6 is 11.3 Å². The Kier molecular flexibility index (Phi) is 3.33. The lowest BCUT2D eigenvalue weighted by Crippen LogP contribution is -1.91. The van der Waals surface area contributed by atoms with Crippen LogP contribution in [0, 0.1) is 10.1 Å². The van der Waals surface area contributed by atoms with Crippen LogP contribution in [0.15, 0.2) is 29.9 Å². The van der Waals surface area contributed by atoms with Gasteiger partial charge in [0.2, 0.25) is 0 Å². The molecule has 0 fully saturated rings. The highest BCUT2D eigenvalue weighted by molar-refractivity contribution is 7.13. The Morgan fingerprint density at radius 2 is 2.39 bits per heavy atom. The molecule has 0 N–H and O–H groups in total. The molecule has 0 aliphatic carbocycles. The number of hydrogen-bond acceptors (Lipinski definition) is 5. The fourth-order valence-corrected chi connectivity index (χ4v) is 2.03. The SMILES string of the molecule is Cn1cc(C(=O)C=Cc2csc([N+](=O)[O-])c2)cn1. The molecule has 2 heterocycles. The standard InChI is InChI=1S/C11H9N3O3S/c1-13-6-9(5-12-13)10(15)3-2-8-4-11(14(16)17)18-7-8/h2-7H,1H3. The number of carbonyl (C=O) groups is 1. The number of allylic oxidation sites excluding steroid dienone is 1. The van der Waals surface area contributed by atoms with Gasteiger partial charge in [-0.05, 0) is 17.7 Å². The normalized spacial score (nSPS) is 10.9. The van der Waals surface area contributed by atoms with Crippen LogP contribution in [-0.4, -0.2) is 20.5 Å². The zero-order chi connectivity index (χ0) is 13.1. The van der Waals surface area contributed by atoms with E-state index in [9.17, 15) is 14.9 Å². The third-order valence-corrected chi connectivity index (χ3v) is 3.10. The van der Waals surface area contributed by atoms with Crippen molar-refractivity contribution in [3.63, 3.8) is 0 Å². The predicted molar refractivity (Wildman–Crippen MR) is 67.5 cm³/mol. The highest BCUT2D eigenvalue weighted by Crippen LogP contribution is 2.23. The van der Waals surface area contributed by atoms with Gasteiger partial charge >= 0.3 is 5.00 Å². The number of aromatic nitrogens is 2. The van der Waals surface area contributed by atoms with E-state index in [1.165, 1.54) is 23.0 Å². The van der Waals surface area contributed by atoms with Gasteiger partial charge in [-0.3, -0.25) is 19.6 Å². The van der Waals surface area contributed by atoms with Crippen molar-refractivity contribution in [1.82, 2.24) is 9.78 Å². The highest BCUT2D eigenvalue weighted by Gasteiger charge is 2.08. The van der Waals surface area contributed by atoms with Gasteiger partial charge in [0.05, 0.1) is 16.7 Å². The van der Waals surface area contributed by atoms with E-state index < -0.39 is 4.92 Å². The Morgan fingerprint density at radius 3 is 2.94 bits per heavy atom. The number of hydrogen-bond donors (Lipinski definition) is 0. The molecule has 92 valence electrons. The van der Waals surface area contributed by atoms with Crippen LogP contribution in [0.5, 0.6) is 0 Å². The Morgan fingerprint density at radius 1 is 1.61 bits per heavy atom. The van der Waals surface area contributed by atoms with Crippen LogP contribution in [-0.2, 0) is 7.05 Å². The Labute approximate surface area is 106 Å². The maximum Gasteiger partial charge on any atom is 0.324 e. The van der Waals surface area contributed by atoms with Crippen LogP contribution in [0.1, 0.15) is 15.9 Å². The van der Waals surface area contributed by atoms with Crippen molar-refractivity contribution in [2.24, 2.45) is 7.05 Å². The lowest BCUT2D eigenvalue weighted by molar-refractivity contribution is -0.380. The van der Waals surface area contributed by atoms with E-state index in [-0.39, 0.29) is 10.8 Å². The van der Waals surface area contributed by atoms with Crippen molar-refractivity contribution in [1.29, 1.82) is 0 Å². The molecule has 0 unspecified atom stereocenters. The first kappa shape index (κ1) is 12.2. The van der Waals surface area contributed by atoms with Crippen molar-refractivity contribution < 1.29 is 9.72 Å². The number of aryl methyl sites for hydroxylation is 1. The molecule has 0 amide bonds. The fraction of sp³-hybridized carbons (Fsp3) is 0.0909. The zero-order valence-electron chi connectivity index (χ0n) is 9.44. The summed E-state index contributed by atoms with van der Waals surface area (Å²) in [7, 11) is 1.72. The molecule has 0 aliphatic heterocycles. The quantitative estimate of drug-likeness (QED) is 0.367. The van der Waals surface area contributed by atoms with Crippen LogP contribution < -0.4 is 0 Å². The minimum absolute atomic E-state index is 0.0588. The fourth-order valence-electron chi connectivity index (χ4n) is 1.34. The molecule has 0 bridgehead atoms. The number of thiophene rings is 1. The molecule has 0 atom stereocenters. The number of rotatable bonds is 4. The molecular formula is C11H9N3O3S. The summed E-state index contributed by atoms with van der Waals surface area (Å²) in [6.45, 7) is 0. The summed E-state index contributed by atoms with van der Waals surface area (Å²) < 4.78 is 1.54. The average Bonchev–Trinajstić information content (AvgIpc) is 2.94. The molecule has 0 aromatic carbocycles. The minimum Gasteiger partial charge on any atom is -0.289 e. The van der Waals surface area contributed by atoms with Crippen LogP contribution in [0.3, 0.4) is 0 Å². The van der Waals surface area contributed by atoms with Gasteiger partial charge in [0.1, 0.15) is 0 Å². The Hall–Kier alpha value is -2.28. The summed E-state index contributed by atoms with van der Waals surface area (Å²) in [4.78, 5) is 21.7. The first-order chi connectivity index (χ1) is 8.56. The summed E-state index contributed by atoms with van der Waals surface area (Å²) in [5.74, 6) is -0.183. The molecule has 0 saturated heterocycles. The van der Waals surface area contributed by atoms with Crippen LogP contribution in [0.2, 0.25) is 0 Å². The minimum atomic E-state index is -0.453. The summed E-state index contributed by atoms with van der Waals surface area (Å²) in [5, 5.41) is 16.1. The molecule has 0 saturated carbocycles. The zero-order valence-corrected chi connectivity index (χ0v) is 10.3. The lowest BCUT2D eigenvalue weighted by Gasteiger charge is -1.87. The molecule has 2 aromatic rings. The maximum absolute atomic E-state index is 11.7. The van der Waals surface area contributed by atoms with Crippen molar-refractivity contribution >= 4 is 28.2 Å². The van der Waals surface area contributed by atoms with Crippen molar-refractivity contribution in [2.45, 2.75) is 0 Å². The second-order valence-electron chi connectivity index (χ2n) is 3.58. The first-order valence-electron chi connectivity index (χ1n) is 5.00. The van der Waals surface area contributed by atoms with Gasteiger partial charge in [0.15, 0.2) is 5.78 Å². The smallest absolute Gasteiger partial charge is 0.289 e. The molecule has 7 heteroatoms. The topological polar surface area (TPSA) is 78.0 Å². The van der Waals surface area contributed by atoms with E-state index in [1.54, 1.807) is 24.7 Å². The van der Waals surface area contributed by atoms with Gasteiger partial charge in [-0.2, -0.15) is 5.10 Å². The summed E-state index contributed by atoms with van der Waals surface area (Å²) >= 11 is 1.03. The van der Waals surface area contributed by atoms with E-state index in [0.717, 1.165) is 11.3 Å². The van der Waals surface area contributed by atoms with Crippen LogP contribution in [0.25, 0.3) is 6.08 Å². The van der Waals surface area contributed by atoms with E-state index in [0.29, 0.717) is 11.1 Å². The van der Waals surface area contributed by atoms with Gasteiger partial charge in [0, 0.05) is 24.7 Å². The van der Waals surface area contributed by atoms with Gasteiger partial charge in [-0.25, -0.2) is 0 Å². The van der Waals surface area contributed by atoms with Crippen molar-refractivity contribution in [2.75, 3.05) is 0 Å². The van der Waals surface area contributed by atoms with E-state index in [2.05, 4.69) is 5.10 Å². The van der Waals surface area contributed by atoms with E-state index in [4.69, 9.17) is 0 Å². The predicted octanol–water partition coefficient (Wildman–Crippen LogP) is 2.29. The van der Waals surface area contributed by atoms with Crippen molar-refractivity contribution in [3.8, 4) is 0 Å². The Balaban J connectivity index is 2.10. The monoisotopic (exact) mass is 263 g/mol. The van der Waals surface area contributed by atoms with Gasteiger partial charge in [-0.15, -0.1) is 0 Å². The van der Waals surface area contributed by atoms with Gasteiger partial charge in [-0.1, -0.05) is 11.3 Å². The average molecular weight is 263 g/mol. The van der Waals surface area contributed by atoms with Gasteiger partial charge < -0.3 is 0 Å². The van der Waals surface area contributed by atoms with Gasteiger partial charge in [0.25, 0.3) is 0 Å². The van der Waals surface area contributed by atoms with E-state index >= 15 is 0 Å². The first-order valence-corrected chi connectivity index (χ1v) is 5.88. The molecule has 0 aliphatic rings. The third kappa shape index (κ3) is 2.69. The molecule has 6 nitrogen and oxygen atoms in total. The molecule has 0 spiro atoms. The van der Waals surface area contributed by atoms with E-state index in [1.807, 2.05) is 0 Å². The summed E-state index contributed by atoms with van der Waals surface area (Å²) in [6, 6.07) is 1.43. The summed E-state index contributed by atoms with van der Waals surface area (Å²) in [6.07, 6.45) is 6.02. The molecule has 18 heavy (non-hydrogen) atoms. The molecule has 2 aromatic heterocycles. The molecular weight excluding hydrogens is 254 g/mol. The Bertz CT molecular complexity index is 627. The third-order valence-electron chi connectivity index (χ3n) is 2.20. The maximum atomic E-state index is 11.7. The van der Waals surface area contributed by atoms with Crippen molar-refractivity contribution in [3.05, 3.63) is 51.2 Å².